The Morgan fingerprint density at radius 1 is 1.63 bits per heavy atom. The van der Waals surface area contributed by atoms with Gasteiger partial charge in [0.2, 0.25) is 5.91 Å². The van der Waals surface area contributed by atoms with E-state index in [4.69, 9.17) is 5.73 Å². The minimum Gasteiger partial charge on any atom is -0.320 e. The Labute approximate surface area is 110 Å². The third-order valence-corrected chi connectivity index (χ3v) is 3.62. The van der Waals surface area contributed by atoms with E-state index < -0.39 is 17.9 Å². The number of carbonyl (C=O) groups excluding carboxylic acids is 1. The highest BCUT2D eigenvalue weighted by Gasteiger charge is 2.55. The molecule has 1 aliphatic carbocycles. The summed E-state index contributed by atoms with van der Waals surface area (Å²) in [7, 11) is 1.57. The molecule has 1 aliphatic heterocycles. The Morgan fingerprint density at radius 2 is 2.26 bits per heavy atom. The average molecular weight is 272 g/mol. The van der Waals surface area contributed by atoms with E-state index in [-0.39, 0.29) is 18.7 Å². The van der Waals surface area contributed by atoms with Gasteiger partial charge in [-0.2, -0.15) is 5.10 Å². The lowest BCUT2D eigenvalue weighted by atomic mass is 10.2. The fourth-order valence-electron chi connectivity index (χ4n) is 2.19. The standard InChI is InChI=1S/C12H18F2N4O/c1-16-18-6-5-9(15)11(19)17(2)10(18)4-3-8-7-12(8,13)14/h4,8-9H,1,3,5-7,15H2,2H3/b10-4-. The number of hydrogen-bond acceptors (Lipinski definition) is 4. The van der Waals surface area contributed by atoms with Crippen molar-refractivity contribution in [3.8, 4) is 0 Å². The van der Waals surface area contributed by atoms with E-state index in [2.05, 4.69) is 11.8 Å². The first-order valence-electron chi connectivity index (χ1n) is 6.22. The Bertz CT molecular complexity index is 424. The summed E-state index contributed by atoms with van der Waals surface area (Å²) in [4.78, 5) is 13.3. The van der Waals surface area contributed by atoms with E-state index in [1.807, 2.05) is 0 Å². The highest BCUT2D eigenvalue weighted by Crippen LogP contribution is 2.51. The van der Waals surface area contributed by atoms with Crippen LogP contribution in [0.5, 0.6) is 0 Å². The molecule has 1 saturated carbocycles. The fraction of sp³-hybridized carbons (Fsp3) is 0.667. The number of nitrogens with two attached hydrogens (primary N) is 1. The Morgan fingerprint density at radius 3 is 2.79 bits per heavy atom. The van der Waals surface area contributed by atoms with Gasteiger partial charge in [0.1, 0.15) is 5.82 Å². The molecule has 2 unspecified atom stereocenters. The molecule has 0 aromatic heterocycles. The molecule has 19 heavy (non-hydrogen) atoms. The van der Waals surface area contributed by atoms with Gasteiger partial charge in [0.05, 0.1) is 6.04 Å². The molecule has 0 radical (unpaired) electrons. The Kier molecular flexibility index (Phi) is 3.58. The molecule has 5 nitrogen and oxygen atoms in total. The number of hydrogen-bond donors (Lipinski definition) is 1. The smallest absolute Gasteiger partial charge is 0.251 e. The van der Waals surface area contributed by atoms with E-state index >= 15 is 0 Å². The van der Waals surface area contributed by atoms with E-state index in [0.29, 0.717) is 18.8 Å². The zero-order valence-corrected chi connectivity index (χ0v) is 10.9. The van der Waals surface area contributed by atoms with Crippen molar-refractivity contribution in [2.24, 2.45) is 16.8 Å². The second-order valence-corrected chi connectivity index (χ2v) is 5.02. The van der Waals surface area contributed by atoms with Gasteiger partial charge in [0, 0.05) is 32.6 Å². The maximum Gasteiger partial charge on any atom is 0.251 e. The maximum atomic E-state index is 12.9. The van der Waals surface area contributed by atoms with Crippen LogP contribution in [0.3, 0.4) is 0 Å². The monoisotopic (exact) mass is 272 g/mol. The van der Waals surface area contributed by atoms with Crippen molar-refractivity contribution in [2.45, 2.75) is 31.2 Å². The molecule has 2 fully saturated rings. The van der Waals surface area contributed by atoms with Gasteiger partial charge in [0.25, 0.3) is 5.92 Å². The molecule has 2 aliphatic rings. The molecule has 2 rings (SSSR count). The number of halogens is 2. The highest BCUT2D eigenvalue weighted by molar-refractivity contribution is 5.83. The zero-order chi connectivity index (χ0) is 14.2. The van der Waals surface area contributed by atoms with Crippen molar-refractivity contribution in [2.75, 3.05) is 13.6 Å². The van der Waals surface area contributed by atoms with Gasteiger partial charge in [-0.1, -0.05) is 0 Å². The maximum absolute atomic E-state index is 12.9. The summed E-state index contributed by atoms with van der Waals surface area (Å²) >= 11 is 0. The zero-order valence-electron chi connectivity index (χ0n) is 10.9. The van der Waals surface area contributed by atoms with E-state index in [0.717, 1.165) is 0 Å². The largest absolute Gasteiger partial charge is 0.320 e. The second kappa shape index (κ2) is 4.88. The summed E-state index contributed by atoms with van der Waals surface area (Å²) in [6.07, 6.45) is 2.21. The SMILES string of the molecule is C=NN1CCC(N)C(=O)N(C)/C1=C/CC1CC1(F)F. The molecular weight excluding hydrogens is 254 g/mol. The molecule has 7 heteroatoms. The highest BCUT2D eigenvalue weighted by atomic mass is 19.3. The first kappa shape index (κ1) is 13.9. The van der Waals surface area contributed by atoms with Gasteiger partial charge in [-0.25, -0.2) is 8.78 Å². The predicted octanol–water partition coefficient (Wildman–Crippen LogP) is 0.980. The van der Waals surface area contributed by atoms with Crippen LogP contribution in [-0.4, -0.2) is 48.1 Å². The van der Waals surface area contributed by atoms with Crippen molar-refractivity contribution in [1.82, 2.24) is 9.91 Å². The molecule has 0 aromatic carbocycles. The molecular formula is C12H18F2N4O. The van der Waals surface area contributed by atoms with Crippen molar-refractivity contribution in [3.05, 3.63) is 11.9 Å². The van der Waals surface area contributed by atoms with Crippen molar-refractivity contribution in [1.29, 1.82) is 0 Å². The molecule has 0 bridgehead atoms. The molecule has 1 heterocycles. The van der Waals surface area contributed by atoms with Gasteiger partial charge < -0.3 is 5.73 Å². The van der Waals surface area contributed by atoms with E-state index in [1.165, 1.54) is 9.91 Å². The number of amides is 1. The minimum atomic E-state index is -2.56. The Hall–Kier alpha value is -1.50. The number of allylic oxidation sites excluding steroid dienone is 1. The van der Waals surface area contributed by atoms with Crippen LogP contribution < -0.4 is 5.73 Å². The lowest BCUT2D eigenvalue weighted by molar-refractivity contribution is -0.129. The molecule has 2 N–H and O–H groups in total. The lowest BCUT2D eigenvalue weighted by Gasteiger charge is -2.25. The van der Waals surface area contributed by atoms with Crippen LogP contribution in [-0.2, 0) is 4.79 Å². The quantitative estimate of drug-likeness (QED) is 0.779. The molecule has 0 spiro atoms. The van der Waals surface area contributed by atoms with Gasteiger partial charge >= 0.3 is 0 Å². The predicted molar refractivity (Wildman–Crippen MR) is 67.4 cm³/mol. The van der Waals surface area contributed by atoms with Crippen LogP contribution in [0.1, 0.15) is 19.3 Å². The van der Waals surface area contributed by atoms with Crippen LogP contribution in [0, 0.1) is 5.92 Å². The van der Waals surface area contributed by atoms with Crippen molar-refractivity contribution >= 4 is 12.6 Å². The lowest BCUT2D eigenvalue weighted by Crippen LogP contribution is -2.40. The minimum absolute atomic E-state index is 0.0878. The third kappa shape index (κ3) is 2.75. The molecule has 1 saturated heterocycles. The van der Waals surface area contributed by atoms with Crippen molar-refractivity contribution < 1.29 is 13.6 Å². The van der Waals surface area contributed by atoms with Crippen LogP contribution in [0.15, 0.2) is 17.0 Å². The van der Waals surface area contributed by atoms with E-state index in [1.54, 1.807) is 13.1 Å². The van der Waals surface area contributed by atoms with Gasteiger partial charge in [-0.15, -0.1) is 0 Å². The van der Waals surface area contributed by atoms with Gasteiger partial charge in [-0.3, -0.25) is 14.7 Å². The molecule has 2 atom stereocenters. The normalized spacial score (nSPS) is 32.4. The topological polar surface area (TPSA) is 61.9 Å². The van der Waals surface area contributed by atoms with Crippen LogP contribution in [0.2, 0.25) is 0 Å². The van der Waals surface area contributed by atoms with Crippen LogP contribution >= 0.6 is 0 Å². The van der Waals surface area contributed by atoms with Gasteiger partial charge in [-0.05, 0) is 18.9 Å². The number of carbonyl (C=O) groups is 1. The number of hydrazone groups is 1. The summed E-state index contributed by atoms with van der Waals surface area (Å²) < 4.78 is 25.7. The number of rotatable bonds is 3. The van der Waals surface area contributed by atoms with E-state index in [9.17, 15) is 13.6 Å². The first-order valence-corrected chi connectivity index (χ1v) is 6.22. The first-order chi connectivity index (χ1) is 8.86. The molecule has 106 valence electrons. The second-order valence-electron chi connectivity index (χ2n) is 5.02. The number of likely N-dealkylation sites (N-methyl/N-ethyl adjacent to an activating group) is 1. The third-order valence-electron chi connectivity index (χ3n) is 3.62. The van der Waals surface area contributed by atoms with Crippen LogP contribution in [0.25, 0.3) is 0 Å². The van der Waals surface area contributed by atoms with Gasteiger partial charge in [0.15, 0.2) is 0 Å². The van der Waals surface area contributed by atoms with Crippen molar-refractivity contribution in [3.63, 3.8) is 0 Å². The summed E-state index contributed by atoms with van der Waals surface area (Å²) in [5.74, 6) is -2.95. The molecule has 1 amide bonds. The molecule has 0 aromatic rings. The van der Waals surface area contributed by atoms with Crippen LogP contribution in [0.4, 0.5) is 8.78 Å². The summed E-state index contributed by atoms with van der Waals surface area (Å²) in [5, 5.41) is 5.35. The summed E-state index contributed by atoms with van der Waals surface area (Å²) in [6.45, 7) is 3.89. The fourth-order valence-corrected chi connectivity index (χ4v) is 2.19. The average Bonchev–Trinajstić information content (AvgIpc) is 2.99. The summed E-state index contributed by atoms with van der Waals surface area (Å²) in [5.41, 5.74) is 5.73. The Balaban J connectivity index is 2.15. The summed E-state index contributed by atoms with van der Waals surface area (Å²) in [6, 6.07) is -0.595. The number of alkyl halides is 2. The number of nitrogens with zero attached hydrogens (tertiary/aromatic N) is 3.